The Hall–Kier alpha value is -0.730. The van der Waals surface area contributed by atoms with Gasteiger partial charge in [0.1, 0.15) is 5.75 Å². The largest absolute Gasteiger partial charge is 0.506 e. The van der Waals surface area contributed by atoms with Gasteiger partial charge < -0.3 is 10.4 Å². The quantitative estimate of drug-likeness (QED) is 0.749. The van der Waals surface area contributed by atoms with Crippen molar-refractivity contribution < 1.29 is 5.11 Å². The van der Waals surface area contributed by atoms with Crippen molar-refractivity contribution in [1.82, 2.24) is 5.32 Å². The van der Waals surface area contributed by atoms with Crippen LogP contribution in [-0.4, -0.2) is 11.7 Å². The van der Waals surface area contributed by atoms with Crippen LogP contribution in [0.4, 0.5) is 0 Å². The number of benzene rings is 1. The highest BCUT2D eigenvalue weighted by Crippen LogP contribution is 2.32. The molecule has 2 nitrogen and oxygen atoms in total. The molecule has 0 saturated carbocycles. The van der Waals surface area contributed by atoms with E-state index in [4.69, 9.17) is 11.6 Å². The summed E-state index contributed by atoms with van der Waals surface area (Å²) in [6.07, 6.45) is 2.34. The van der Waals surface area contributed by atoms with Crippen LogP contribution in [0, 0.1) is 6.92 Å². The van der Waals surface area contributed by atoms with E-state index in [0.717, 1.165) is 18.5 Å². The van der Waals surface area contributed by atoms with Crippen LogP contribution in [0.1, 0.15) is 30.0 Å². The van der Waals surface area contributed by atoms with E-state index in [9.17, 15) is 5.11 Å². The first-order valence-electron chi connectivity index (χ1n) is 4.91. The van der Waals surface area contributed by atoms with Gasteiger partial charge in [-0.15, -0.1) is 0 Å². The van der Waals surface area contributed by atoms with Crippen molar-refractivity contribution in [3.63, 3.8) is 0 Å². The third-order valence-corrected chi connectivity index (χ3v) is 3.07. The second-order valence-electron chi connectivity index (χ2n) is 3.81. The van der Waals surface area contributed by atoms with Crippen LogP contribution in [0.3, 0.4) is 0 Å². The molecule has 1 heterocycles. The zero-order valence-electron chi connectivity index (χ0n) is 8.18. The maximum atomic E-state index is 9.53. The minimum Gasteiger partial charge on any atom is -0.506 e. The predicted octanol–water partition coefficient (Wildman–Crippen LogP) is 2.78. The summed E-state index contributed by atoms with van der Waals surface area (Å²) in [6.45, 7) is 3.09. The third-order valence-electron chi connectivity index (χ3n) is 2.77. The van der Waals surface area contributed by atoms with Gasteiger partial charge in [-0.2, -0.15) is 0 Å². The second kappa shape index (κ2) is 3.79. The van der Waals surface area contributed by atoms with E-state index in [1.165, 1.54) is 12.0 Å². The fourth-order valence-electron chi connectivity index (χ4n) is 2.00. The minimum atomic E-state index is 0.181. The highest BCUT2D eigenvalue weighted by atomic mass is 35.5. The summed E-state index contributed by atoms with van der Waals surface area (Å²) in [6, 6.07) is 3.99. The predicted molar refractivity (Wildman–Crippen MR) is 57.8 cm³/mol. The Labute approximate surface area is 88.9 Å². The van der Waals surface area contributed by atoms with Gasteiger partial charge in [-0.25, -0.2) is 0 Å². The summed E-state index contributed by atoms with van der Waals surface area (Å²) in [5, 5.41) is 13.4. The molecular formula is C11H14ClNO. The van der Waals surface area contributed by atoms with E-state index < -0.39 is 0 Å². The summed E-state index contributed by atoms with van der Waals surface area (Å²) in [7, 11) is 0. The number of aromatic hydroxyl groups is 1. The second-order valence-corrected chi connectivity index (χ2v) is 4.22. The van der Waals surface area contributed by atoms with Crippen molar-refractivity contribution in [3.05, 3.63) is 28.3 Å². The molecule has 1 aliphatic heterocycles. The van der Waals surface area contributed by atoms with Crippen molar-refractivity contribution in [2.75, 3.05) is 6.54 Å². The SMILES string of the molecule is Cc1cc(Cl)c(O)cc1C1CCCN1. The standard InChI is InChI=1S/C11H14ClNO/c1-7-5-9(12)11(14)6-8(7)10-3-2-4-13-10/h5-6,10,13-14H,2-4H2,1H3. The topological polar surface area (TPSA) is 32.3 Å². The van der Waals surface area contributed by atoms with Crippen LogP contribution < -0.4 is 5.32 Å². The van der Waals surface area contributed by atoms with E-state index in [1.54, 1.807) is 6.07 Å². The van der Waals surface area contributed by atoms with E-state index >= 15 is 0 Å². The molecule has 76 valence electrons. The molecule has 0 spiro atoms. The molecule has 2 N–H and O–H groups in total. The Bertz CT molecular complexity index is 345. The lowest BCUT2D eigenvalue weighted by atomic mass is 10.00. The molecule has 0 aromatic heterocycles. The number of phenolic OH excluding ortho intramolecular Hbond substituents is 1. The number of halogens is 1. The van der Waals surface area contributed by atoms with Gasteiger partial charge in [0, 0.05) is 6.04 Å². The third kappa shape index (κ3) is 1.72. The average molecular weight is 212 g/mol. The fraction of sp³-hybridized carbons (Fsp3) is 0.455. The molecule has 1 unspecified atom stereocenters. The lowest BCUT2D eigenvalue weighted by Crippen LogP contribution is -2.13. The van der Waals surface area contributed by atoms with Crippen molar-refractivity contribution in [2.24, 2.45) is 0 Å². The lowest BCUT2D eigenvalue weighted by molar-refractivity contribution is 0.473. The maximum Gasteiger partial charge on any atom is 0.134 e. The van der Waals surface area contributed by atoms with Gasteiger partial charge in [-0.3, -0.25) is 0 Å². The van der Waals surface area contributed by atoms with Gasteiger partial charge in [0.2, 0.25) is 0 Å². The average Bonchev–Trinajstić information content (AvgIpc) is 2.64. The molecule has 1 saturated heterocycles. The van der Waals surface area contributed by atoms with Gasteiger partial charge in [0.25, 0.3) is 0 Å². The molecule has 1 aliphatic rings. The van der Waals surface area contributed by atoms with Crippen LogP contribution in [0.5, 0.6) is 5.75 Å². The normalized spacial score (nSPS) is 21.4. The maximum absolute atomic E-state index is 9.53. The van der Waals surface area contributed by atoms with Crippen LogP contribution in [0.25, 0.3) is 0 Å². The number of phenols is 1. The smallest absolute Gasteiger partial charge is 0.134 e. The summed E-state index contributed by atoms with van der Waals surface area (Å²) < 4.78 is 0. The van der Waals surface area contributed by atoms with Gasteiger partial charge >= 0.3 is 0 Å². The molecule has 14 heavy (non-hydrogen) atoms. The summed E-state index contributed by atoms with van der Waals surface area (Å²) in [5.41, 5.74) is 2.32. The van der Waals surface area contributed by atoms with Crippen molar-refractivity contribution in [3.8, 4) is 5.75 Å². The fourth-order valence-corrected chi connectivity index (χ4v) is 2.22. The number of nitrogens with one attached hydrogen (secondary N) is 1. The van der Waals surface area contributed by atoms with Crippen LogP contribution >= 0.6 is 11.6 Å². The lowest BCUT2D eigenvalue weighted by Gasteiger charge is -2.14. The molecule has 0 aliphatic carbocycles. The Morgan fingerprint density at radius 2 is 2.29 bits per heavy atom. The van der Waals surface area contributed by atoms with Crippen molar-refractivity contribution >= 4 is 11.6 Å². The molecule has 1 aromatic carbocycles. The van der Waals surface area contributed by atoms with Gasteiger partial charge in [0.15, 0.2) is 0 Å². The van der Waals surface area contributed by atoms with Crippen LogP contribution in [0.2, 0.25) is 5.02 Å². The Balaban J connectivity index is 2.37. The Kier molecular flexibility index (Phi) is 2.66. The minimum absolute atomic E-state index is 0.181. The Morgan fingerprint density at radius 3 is 2.93 bits per heavy atom. The highest BCUT2D eigenvalue weighted by molar-refractivity contribution is 6.32. The summed E-state index contributed by atoms with van der Waals surface area (Å²) in [4.78, 5) is 0. The summed E-state index contributed by atoms with van der Waals surface area (Å²) in [5.74, 6) is 0.181. The number of rotatable bonds is 1. The number of aryl methyl sites for hydroxylation is 1. The molecular weight excluding hydrogens is 198 g/mol. The van der Waals surface area contributed by atoms with E-state index in [0.29, 0.717) is 11.1 Å². The molecule has 1 atom stereocenters. The van der Waals surface area contributed by atoms with E-state index in [-0.39, 0.29) is 5.75 Å². The first-order chi connectivity index (χ1) is 6.68. The zero-order chi connectivity index (χ0) is 10.1. The van der Waals surface area contributed by atoms with Crippen molar-refractivity contribution in [1.29, 1.82) is 0 Å². The first kappa shape index (κ1) is 9.81. The molecule has 1 aromatic rings. The molecule has 0 bridgehead atoms. The Morgan fingerprint density at radius 1 is 1.50 bits per heavy atom. The molecule has 2 rings (SSSR count). The highest BCUT2D eigenvalue weighted by Gasteiger charge is 2.19. The summed E-state index contributed by atoms with van der Waals surface area (Å²) >= 11 is 5.82. The molecule has 0 radical (unpaired) electrons. The van der Waals surface area contributed by atoms with Crippen molar-refractivity contribution in [2.45, 2.75) is 25.8 Å². The van der Waals surface area contributed by atoms with Crippen LogP contribution in [0.15, 0.2) is 12.1 Å². The van der Waals surface area contributed by atoms with Gasteiger partial charge in [-0.1, -0.05) is 11.6 Å². The molecule has 3 heteroatoms. The monoisotopic (exact) mass is 211 g/mol. The molecule has 0 amide bonds. The molecule has 1 fully saturated rings. The van der Waals surface area contributed by atoms with E-state index in [2.05, 4.69) is 5.32 Å². The van der Waals surface area contributed by atoms with Crippen LogP contribution in [-0.2, 0) is 0 Å². The van der Waals surface area contributed by atoms with Gasteiger partial charge in [0.05, 0.1) is 5.02 Å². The first-order valence-corrected chi connectivity index (χ1v) is 5.28. The van der Waals surface area contributed by atoms with Gasteiger partial charge in [-0.05, 0) is 49.6 Å². The number of hydrogen-bond acceptors (Lipinski definition) is 2. The number of hydrogen-bond donors (Lipinski definition) is 2. The van der Waals surface area contributed by atoms with E-state index in [1.807, 2.05) is 13.0 Å². The zero-order valence-corrected chi connectivity index (χ0v) is 8.93.